The molecule has 2 aromatic rings. The molecule has 2 atom stereocenters. The fraction of sp³-hybridized carbons (Fsp3) is 0.286. The second kappa shape index (κ2) is 9.33. The van der Waals surface area contributed by atoms with Gasteiger partial charge in [0, 0.05) is 5.56 Å². The van der Waals surface area contributed by atoms with Crippen molar-refractivity contribution >= 4 is 29.3 Å². The van der Waals surface area contributed by atoms with Gasteiger partial charge < -0.3 is 10.1 Å². The molecule has 1 N–H and O–H groups in total. The maximum Gasteiger partial charge on any atom is 0.329 e. The molecule has 0 radical (unpaired) electrons. The van der Waals surface area contributed by atoms with E-state index in [1.807, 2.05) is 19.1 Å². The molecule has 0 aromatic heterocycles. The Hall–Kier alpha value is -2.66. The molecule has 0 saturated heterocycles. The van der Waals surface area contributed by atoms with E-state index in [-0.39, 0.29) is 16.4 Å². The molecule has 0 aliphatic heterocycles. The van der Waals surface area contributed by atoms with Gasteiger partial charge in [0.25, 0.3) is 5.91 Å². The maximum atomic E-state index is 12.4. The molecule has 0 saturated carbocycles. The van der Waals surface area contributed by atoms with Crippen LogP contribution < -0.4 is 5.32 Å². The summed E-state index contributed by atoms with van der Waals surface area (Å²) in [6.45, 7) is 5.03. The van der Waals surface area contributed by atoms with Crippen LogP contribution in [0.5, 0.6) is 0 Å². The van der Waals surface area contributed by atoms with Crippen molar-refractivity contribution in [2.24, 2.45) is 0 Å². The Labute approximate surface area is 163 Å². The number of ketones is 1. The number of hydrogen-bond donors (Lipinski definition) is 1. The largest absolute Gasteiger partial charge is 0.453 e. The average Bonchev–Trinajstić information content (AvgIpc) is 2.67. The first-order chi connectivity index (χ1) is 12.8. The van der Waals surface area contributed by atoms with Gasteiger partial charge in [-0.3, -0.25) is 9.59 Å². The molecule has 5 nitrogen and oxygen atoms in total. The van der Waals surface area contributed by atoms with Gasteiger partial charge in [-0.2, -0.15) is 0 Å². The van der Waals surface area contributed by atoms with Gasteiger partial charge in [-0.15, -0.1) is 0 Å². The molecule has 0 aliphatic carbocycles. The number of ether oxygens (including phenoxy) is 1. The molecule has 0 heterocycles. The zero-order valence-electron chi connectivity index (χ0n) is 15.5. The van der Waals surface area contributed by atoms with Gasteiger partial charge in [-0.25, -0.2) is 4.79 Å². The molecule has 0 unspecified atom stereocenters. The summed E-state index contributed by atoms with van der Waals surface area (Å²) >= 11 is 5.98. The van der Waals surface area contributed by atoms with E-state index in [9.17, 15) is 14.4 Å². The van der Waals surface area contributed by atoms with Crippen LogP contribution in [0.25, 0.3) is 0 Å². The van der Waals surface area contributed by atoms with Crippen molar-refractivity contribution in [3.05, 3.63) is 70.2 Å². The van der Waals surface area contributed by atoms with Crippen molar-refractivity contribution in [2.75, 3.05) is 0 Å². The number of carbonyl (C=O) groups excluding carboxylic acids is 3. The molecule has 0 bridgehead atoms. The molecule has 142 valence electrons. The van der Waals surface area contributed by atoms with Gasteiger partial charge in [-0.1, -0.05) is 54.9 Å². The van der Waals surface area contributed by atoms with Crippen LogP contribution in [0.4, 0.5) is 0 Å². The number of amides is 1. The first-order valence-electron chi connectivity index (χ1n) is 8.72. The van der Waals surface area contributed by atoms with Gasteiger partial charge in [-0.05, 0) is 38.0 Å². The summed E-state index contributed by atoms with van der Waals surface area (Å²) in [6, 6.07) is 12.8. The Morgan fingerprint density at radius 3 is 2.26 bits per heavy atom. The summed E-state index contributed by atoms with van der Waals surface area (Å²) in [5, 5.41) is 2.81. The normalized spacial score (nSPS) is 12.7. The third-order valence-electron chi connectivity index (χ3n) is 4.13. The van der Waals surface area contributed by atoms with Crippen molar-refractivity contribution in [3.63, 3.8) is 0 Å². The summed E-state index contributed by atoms with van der Waals surface area (Å²) in [5.74, 6) is -1.48. The Morgan fingerprint density at radius 1 is 1.04 bits per heavy atom. The van der Waals surface area contributed by atoms with Crippen molar-refractivity contribution in [2.45, 2.75) is 39.3 Å². The van der Waals surface area contributed by atoms with Crippen molar-refractivity contribution < 1.29 is 19.1 Å². The molecule has 1 amide bonds. The fourth-order valence-electron chi connectivity index (χ4n) is 2.45. The first kappa shape index (κ1) is 20.6. The standard InChI is InChI=1S/C21H22ClNO4/c1-4-15-9-11-16(12-10-15)19(24)14(3)27-21(26)13(2)23-20(25)17-7-5-6-8-18(17)22/h5-14H,4H2,1-3H3,(H,23,25)/t13-,14-/m0/s1. The van der Waals surface area contributed by atoms with Gasteiger partial charge >= 0.3 is 5.97 Å². The van der Waals surface area contributed by atoms with Crippen LogP contribution in [0.3, 0.4) is 0 Å². The van der Waals surface area contributed by atoms with E-state index in [1.54, 1.807) is 36.4 Å². The number of halogens is 1. The predicted octanol–water partition coefficient (Wildman–Crippen LogP) is 3.84. The SMILES string of the molecule is CCc1ccc(C(=O)[C@H](C)OC(=O)[C@H](C)NC(=O)c2ccccc2Cl)cc1. The van der Waals surface area contributed by atoms with E-state index in [2.05, 4.69) is 5.32 Å². The smallest absolute Gasteiger partial charge is 0.329 e. The highest BCUT2D eigenvalue weighted by Gasteiger charge is 2.24. The van der Waals surface area contributed by atoms with Gasteiger partial charge in [0.05, 0.1) is 10.6 Å². The molecule has 0 aliphatic rings. The van der Waals surface area contributed by atoms with Gasteiger partial charge in [0.2, 0.25) is 5.78 Å². The number of aryl methyl sites for hydroxylation is 1. The van der Waals surface area contributed by atoms with Crippen molar-refractivity contribution in [3.8, 4) is 0 Å². The van der Waals surface area contributed by atoms with Crippen molar-refractivity contribution in [1.29, 1.82) is 0 Å². The van der Waals surface area contributed by atoms with E-state index < -0.39 is 24.0 Å². The Bertz CT molecular complexity index is 832. The Balaban J connectivity index is 1.95. The predicted molar refractivity (Wildman–Crippen MR) is 104 cm³/mol. The third kappa shape index (κ3) is 5.41. The number of benzene rings is 2. The lowest BCUT2D eigenvalue weighted by Gasteiger charge is -2.17. The molecule has 6 heteroatoms. The zero-order valence-corrected chi connectivity index (χ0v) is 16.2. The van der Waals surface area contributed by atoms with E-state index in [0.717, 1.165) is 12.0 Å². The summed E-state index contributed by atoms with van der Waals surface area (Å²) in [5.41, 5.74) is 1.85. The third-order valence-corrected chi connectivity index (χ3v) is 4.46. The molecule has 2 rings (SSSR count). The van der Waals surface area contributed by atoms with E-state index in [4.69, 9.17) is 16.3 Å². The molecule has 2 aromatic carbocycles. The van der Waals surface area contributed by atoms with Gasteiger partial charge in [0.15, 0.2) is 6.10 Å². The maximum absolute atomic E-state index is 12.4. The second-order valence-corrected chi connectivity index (χ2v) is 6.58. The average molecular weight is 388 g/mol. The van der Waals surface area contributed by atoms with Crippen LogP contribution in [0.2, 0.25) is 5.02 Å². The molecule has 27 heavy (non-hydrogen) atoms. The summed E-state index contributed by atoms with van der Waals surface area (Å²) in [4.78, 5) is 36.8. The van der Waals surface area contributed by atoms with Crippen LogP contribution in [-0.4, -0.2) is 29.8 Å². The minimum Gasteiger partial charge on any atom is -0.453 e. The van der Waals surface area contributed by atoms with Crippen LogP contribution in [-0.2, 0) is 16.0 Å². The molecular weight excluding hydrogens is 366 g/mol. The van der Waals surface area contributed by atoms with Crippen LogP contribution in [0.1, 0.15) is 47.1 Å². The fourth-order valence-corrected chi connectivity index (χ4v) is 2.67. The lowest BCUT2D eigenvalue weighted by atomic mass is 10.0. The molecular formula is C21H22ClNO4. The number of nitrogens with one attached hydrogen (secondary N) is 1. The quantitative estimate of drug-likeness (QED) is 0.578. The zero-order chi connectivity index (χ0) is 20.0. The highest BCUT2D eigenvalue weighted by molar-refractivity contribution is 6.33. The van der Waals surface area contributed by atoms with Crippen molar-refractivity contribution in [1.82, 2.24) is 5.32 Å². The number of hydrogen-bond acceptors (Lipinski definition) is 4. The highest BCUT2D eigenvalue weighted by atomic mass is 35.5. The molecule has 0 fully saturated rings. The minimum absolute atomic E-state index is 0.263. The first-order valence-corrected chi connectivity index (χ1v) is 9.10. The van der Waals surface area contributed by atoms with Crippen LogP contribution >= 0.6 is 11.6 Å². The summed E-state index contributed by atoms with van der Waals surface area (Å²) < 4.78 is 5.22. The summed E-state index contributed by atoms with van der Waals surface area (Å²) in [7, 11) is 0. The van der Waals surface area contributed by atoms with Crippen LogP contribution in [0.15, 0.2) is 48.5 Å². The molecule has 0 spiro atoms. The second-order valence-electron chi connectivity index (χ2n) is 6.17. The Kier molecular flexibility index (Phi) is 7.13. The summed E-state index contributed by atoms with van der Waals surface area (Å²) in [6.07, 6.45) is -0.0774. The highest BCUT2D eigenvalue weighted by Crippen LogP contribution is 2.15. The monoisotopic (exact) mass is 387 g/mol. The lowest BCUT2D eigenvalue weighted by Crippen LogP contribution is -2.41. The number of rotatable bonds is 7. The Morgan fingerprint density at radius 2 is 1.67 bits per heavy atom. The van der Waals surface area contributed by atoms with Crippen LogP contribution in [0, 0.1) is 0 Å². The lowest BCUT2D eigenvalue weighted by molar-refractivity contribution is -0.148. The van der Waals surface area contributed by atoms with E-state index in [0.29, 0.717) is 5.56 Å². The number of Topliss-reactive ketones (excluding diaryl/α,β-unsaturated/α-hetero) is 1. The number of esters is 1. The van der Waals surface area contributed by atoms with Gasteiger partial charge in [0.1, 0.15) is 6.04 Å². The number of carbonyl (C=O) groups is 3. The van der Waals surface area contributed by atoms with E-state index >= 15 is 0 Å². The van der Waals surface area contributed by atoms with E-state index in [1.165, 1.54) is 13.8 Å². The topological polar surface area (TPSA) is 72.5 Å². The minimum atomic E-state index is -0.954.